The van der Waals surface area contributed by atoms with Crippen molar-refractivity contribution in [1.29, 1.82) is 0 Å². The molecule has 0 heterocycles. The quantitative estimate of drug-likeness (QED) is 0.802. The molecule has 0 saturated carbocycles. The van der Waals surface area contributed by atoms with Crippen LogP contribution in [0, 0.1) is 0 Å². The molecule has 0 aliphatic heterocycles. The zero-order valence-corrected chi connectivity index (χ0v) is 15.0. The standard InChI is InChI=1S/C16H23BrN2O3/c1-5-19(10-15(20)18-11(2)3)16(21)12(4)22-14-8-6-13(17)7-9-14/h6-9,11-12H,5,10H2,1-4H3,(H,18,20). The average molecular weight is 371 g/mol. The van der Waals surface area contributed by atoms with Gasteiger partial charge in [0.1, 0.15) is 5.75 Å². The van der Waals surface area contributed by atoms with Crippen molar-refractivity contribution in [3.63, 3.8) is 0 Å². The summed E-state index contributed by atoms with van der Waals surface area (Å²) in [7, 11) is 0. The predicted octanol–water partition coefficient (Wildman–Crippen LogP) is 2.59. The van der Waals surface area contributed by atoms with Crippen molar-refractivity contribution in [2.45, 2.75) is 39.8 Å². The molecule has 0 saturated heterocycles. The molecule has 0 radical (unpaired) electrons. The molecular weight excluding hydrogens is 348 g/mol. The monoisotopic (exact) mass is 370 g/mol. The third kappa shape index (κ3) is 6.05. The molecular formula is C16H23BrN2O3. The van der Waals surface area contributed by atoms with Gasteiger partial charge in [-0.1, -0.05) is 15.9 Å². The lowest BCUT2D eigenvalue weighted by atomic mass is 10.3. The minimum absolute atomic E-state index is 0.0432. The summed E-state index contributed by atoms with van der Waals surface area (Å²) in [6.07, 6.45) is -0.645. The summed E-state index contributed by atoms with van der Waals surface area (Å²) in [4.78, 5) is 25.7. The van der Waals surface area contributed by atoms with Gasteiger partial charge in [-0.25, -0.2) is 0 Å². The summed E-state index contributed by atoms with van der Waals surface area (Å²) >= 11 is 3.35. The van der Waals surface area contributed by atoms with E-state index in [0.29, 0.717) is 12.3 Å². The molecule has 1 unspecified atom stereocenters. The molecule has 122 valence electrons. The van der Waals surface area contributed by atoms with Crippen LogP contribution in [-0.2, 0) is 9.59 Å². The van der Waals surface area contributed by atoms with Crippen LogP contribution in [0.2, 0.25) is 0 Å². The van der Waals surface area contributed by atoms with Crippen LogP contribution in [-0.4, -0.2) is 41.9 Å². The zero-order valence-electron chi connectivity index (χ0n) is 13.4. The van der Waals surface area contributed by atoms with Crippen molar-refractivity contribution >= 4 is 27.7 Å². The first-order valence-electron chi connectivity index (χ1n) is 7.33. The first kappa shape index (κ1) is 18.5. The normalized spacial score (nSPS) is 11.9. The van der Waals surface area contributed by atoms with E-state index in [0.717, 1.165) is 4.47 Å². The number of carbonyl (C=O) groups excluding carboxylic acids is 2. The highest BCUT2D eigenvalue weighted by molar-refractivity contribution is 9.10. The van der Waals surface area contributed by atoms with E-state index in [1.54, 1.807) is 19.1 Å². The summed E-state index contributed by atoms with van der Waals surface area (Å²) in [5, 5.41) is 2.78. The van der Waals surface area contributed by atoms with Gasteiger partial charge in [-0.2, -0.15) is 0 Å². The van der Waals surface area contributed by atoms with Crippen LogP contribution in [0.15, 0.2) is 28.7 Å². The van der Waals surface area contributed by atoms with E-state index in [1.807, 2.05) is 32.9 Å². The Hall–Kier alpha value is -1.56. The number of nitrogens with zero attached hydrogens (tertiary/aromatic N) is 1. The van der Waals surface area contributed by atoms with Gasteiger partial charge in [-0.3, -0.25) is 9.59 Å². The number of ether oxygens (including phenoxy) is 1. The van der Waals surface area contributed by atoms with Gasteiger partial charge < -0.3 is 15.0 Å². The fourth-order valence-electron chi connectivity index (χ4n) is 1.91. The van der Waals surface area contributed by atoms with Crippen LogP contribution in [0.5, 0.6) is 5.75 Å². The minimum atomic E-state index is -0.645. The van der Waals surface area contributed by atoms with Crippen LogP contribution in [0.4, 0.5) is 0 Å². The van der Waals surface area contributed by atoms with E-state index in [4.69, 9.17) is 4.74 Å². The molecule has 0 aliphatic rings. The van der Waals surface area contributed by atoms with Crippen molar-refractivity contribution in [2.24, 2.45) is 0 Å². The molecule has 0 aromatic heterocycles. The molecule has 2 amide bonds. The topological polar surface area (TPSA) is 58.6 Å². The molecule has 6 heteroatoms. The fraction of sp³-hybridized carbons (Fsp3) is 0.500. The van der Waals surface area contributed by atoms with Crippen LogP contribution in [0.1, 0.15) is 27.7 Å². The van der Waals surface area contributed by atoms with E-state index in [9.17, 15) is 9.59 Å². The van der Waals surface area contributed by atoms with Gasteiger partial charge >= 0.3 is 0 Å². The van der Waals surface area contributed by atoms with Gasteiger partial charge in [0.25, 0.3) is 5.91 Å². The van der Waals surface area contributed by atoms with Gasteiger partial charge in [0.2, 0.25) is 5.91 Å². The zero-order chi connectivity index (χ0) is 16.7. The van der Waals surface area contributed by atoms with Gasteiger partial charge in [0.15, 0.2) is 6.10 Å². The lowest BCUT2D eigenvalue weighted by molar-refractivity contribution is -0.141. The number of benzene rings is 1. The molecule has 1 aromatic carbocycles. The summed E-state index contributed by atoms with van der Waals surface area (Å²) in [5.74, 6) is 0.247. The van der Waals surface area contributed by atoms with E-state index in [-0.39, 0.29) is 24.4 Å². The number of hydrogen-bond acceptors (Lipinski definition) is 3. The van der Waals surface area contributed by atoms with E-state index in [1.165, 1.54) is 4.90 Å². The molecule has 1 atom stereocenters. The van der Waals surface area contributed by atoms with Crippen LogP contribution < -0.4 is 10.1 Å². The number of rotatable bonds is 7. The third-order valence-electron chi connectivity index (χ3n) is 2.95. The molecule has 5 nitrogen and oxygen atoms in total. The molecule has 0 aliphatic carbocycles. The second-order valence-corrected chi connectivity index (χ2v) is 6.20. The van der Waals surface area contributed by atoms with Crippen molar-refractivity contribution in [1.82, 2.24) is 10.2 Å². The van der Waals surface area contributed by atoms with E-state index in [2.05, 4.69) is 21.2 Å². The molecule has 1 aromatic rings. The first-order chi connectivity index (χ1) is 10.3. The van der Waals surface area contributed by atoms with Crippen LogP contribution in [0.3, 0.4) is 0 Å². The van der Waals surface area contributed by atoms with Crippen molar-refractivity contribution in [3.05, 3.63) is 28.7 Å². The Bertz CT molecular complexity index is 503. The first-order valence-corrected chi connectivity index (χ1v) is 8.13. The highest BCUT2D eigenvalue weighted by Gasteiger charge is 2.23. The van der Waals surface area contributed by atoms with Gasteiger partial charge in [-0.15, -0.1) is 0 Å². The lowest BCUT2D eigenvalue weighted by Gasteiger charge is -2.24. The second-order valence-electron chi connectivity index (χ2n) is 5.29. The maximum atomic E-state index is 12.4. The molecule has 22 heavy (non-hydrogen) atoms. The maximum Gasteiger partial charge on any atom is 0.263 e. The third-order valence-corrected chi connectivity index (χ3v) is 3.48. The smallest absolute Gasteiger partial charge is 0.263 e. The highest BCUT2D eigenvalue weighted by Crippen LogP contribution is 2.17. The fourth-order valence-corrected chi connectivity index (χ4v) is 2.18. The Labute approximate surface area is 140 Å². The highest BCUT2D eigenvalue weighted by atomic mass is 79.9. The summed E-state index contributed by atoms with van der Waals surface area (Å²) in [6.45, 7) is 7.80. The number of likely N-dealkylation sites (N-methyl/N-ethyl adjacent to an activating group) is 1. The lowest BCUT2D eigenvalue weighted by Crippen LogP contribution is -2.46. The van der Waals surface area contributed by atoms with Crippen LogP contribution >= 0.6 is 15.9 Å². The average Bonchev–Trinajstić information content (AvgIpc) is 2.45. The summed E-state index contributed by atoms with van der Waals surface area (Å²) in [5.41, 5.74) is 0. The Kier molecular flexibility index (Phi) is 7.38. The number of amides is 2. The SMILES string of the molecule is CCN(CC(=O)NC(C)C)C(=O)C(C)Oc1ccc(Br)cc1. The Balaban J connectivity index is 2.62. The summed E-state index contributed by atoms with van der Waals surface area (Å²) in [6, 6.07) is 7.32. The van der Waals surface area contributed by atoms with Crippen LogP contribution in [0.25, 0.3) is 0 Å². The maximum absolute atomic E-state index is 12.4. The van der Waals surface area contributed by atoms with E-state index < -0.39 is 6.10 Å². The summed E-state index contributed by atoms with van der Waals surface area (Å²) < 4.78 is 6.58. The Morgan fingerprint density at radius 1 is 1.23 bits per heavy atom. The van der Waals surface area contributed by atoms with E-state index >= 15 is 0 Å². The molecule has 0 fully saturated rings. The van der Waals surface area contributed by atoms with Crippen molar-refractivity contribution in [2.75, 3.05) is 13.1 Å². The van der Waals surface area contributed by atoms with Crippen molar-refractivity contribution < 1.29 is 14.3 Å². The van der Waals surface area contributed by atoms with Gasteiger partial charge in [0, 0.05) is 17.1 Å². The minimum Gasteiger partial charge on any atom is -0.481 e. The number of nitrogens with one attached hydrogen (secondary N) is 1. The number of hydrogen-bond donors (Lipinski definition) is 1. The van der Waals surface area contributed by atoms with Gasteiger partial charge in [0.05, 0.1) is 6.54 Å². The largest absolute Gasteiger partial charge is 0.481 e. The molecule has 1 N–H and O–H groups in total. The number of halogens is 1. The number of carbonyl (C=O) groups is 2. The van der Waals surface area contributed by atoms with Gasteiger partial charge in [-0.05, 0) is 52.0 Å². The predicted molar refractivity (Wildman–Crippen MR) is 89.8 cm³/mol. The molecule has 0 bridgehead atoms. The Morgan fingerprint density at radius 3 is 2.32 bits per heavy atom. The Morgan fingerprint density at radius 2 is 1.82 bits per heavy atom. The van der Waals surface area contributed by atoms with Crippen molar-refractivity contribution in [3.8, 4) is 5.75 Å². The molecule has 1 rings (SSSR count). The second kappa shape index (κ2) is 8.78. The molecule has 0 spiro atoms.